The fourth-order valence-electron chi connectivity index (χ4n) is 3.19. The summed E-state index contributed by atoms with van der Waals surface area (Å²) in [5.74, 6) is 0. The van der Waals surface area contributed by atoms with Crippen LogP contribution in [-0.4, -0.2) is 22.8 Å². The molecule has 3 rings (SSSR count). The van der Waals surface area contributed by atoms with Gasteiger partial charge in [-0.25, -0.2) is 0 Å². The van der Waals surface area contributed by atoms with Crippen LogP contribution in [0, 0.1) is 0 Å². The molecule has 1 aromatic carbocycles. The quantitative estimate of drug-likeness (QED) is 0.930. The lowest BCUT2D eigenvalue weighted by atomic mass is 9.81. The van der Waals surface area contributed by atoms with E-state index in [0.29, 0.717) is 19.4 Å². The van der Waals surface area contributed by atoms with Crippen molar-refractivity contribution in [1.82, 2.24) is 4.98 Å². The SMILES string of the molecule is CCCC1CC(O)(c2cccc3ncccc23)CCO1. The van der Waals surface area contributed by atoms with Gasteiger partial charge in [-0.1, -0.05) is 31.5 Å². The first-order chi connectivity index (χ1) is 9.73. The topological polar surface area (TPSA) is 42.4 Å². The lowest BCUT2D eigenvalue weighted by Crippen LogP contribution is -2.38. The van der Waals surface area contributed by atoms with E-state index >= 15 is 0 Å². The number of aliphatic hydroxyl groups is 1. The molecule has 106 valence electrons. The molecule has 0 spiro atoms. The molecule has 1 aliphatic rings. The molecule has 20 heavy (non-hydrogen) atoms. The van der Waals surface area contributed by atoms with Gasteiger partial charge in [-0.3, -0.25) is 4.98 Å². The summed E-state index contributed by atoms with van der Waals surface area (Å²) in [5.41, 5.74) is 1.14. The first-order valence-electron chi connectivity index (χ1n) is 7.41. The molecule has 1 fully saturated rings. The average molecular weight is 271 g/mol. The van der Waals surface area contributed by atoms with Gasteiger partial charge in [-0.15, -0.1) is 0 Å². The number of rotatable bonds is 3. The third kappa shape index (κ3) is 2.43. The number of hydrogen-bond donors (Lipinski definition) is 1. The highest BCUT2D eigenvalue weighted by atomic mass is 16.5. The number of nitrogens with zero attached hydrogens (tertiary/aromatic N) is 1. The van der Waals surface area contributed by atoms with E-state index < -0.39 is 5.60 Å². The standard InChI is InChI=1S/C17H21NO2/c1-2-5-13-12-17(19,9-11-20-13)15-7-3-8-16-14(15)6-4-10-18-16/h3-4,6-8,10,13,19H,2,5,9,11-12H2,1H3. The van der Waals surface area contributed by atoms with Gasteiger partial charge in [0.05, 0.1) is 23.8 Å². The zero-order chi connectivity index (χ0) is 14.0. The molecular weight excluding hydrogens is 250 g/mol. The minimum Gasteiger partial charge on any atom is -0.385 e. The highest BCUT2D eigenvalue weighted by molar-refractivity contribution is 5.82. The molecule has 1 N–H and O–H groups in total. The van der Waals surface area contributed by atoms with Gasteiger partial charge in [0.15, 0.2) is 0 Å². The van der Waals surface area contributed by atoms with Crippen LogP contribution in [0.5, 0.6) is 0 Å². The molecule has 1 aromatic heterocycles. The summed E-state index contributed by atoms with van der Waals surface area (Å²) in [4.78, 5) is 4.38. The summed E-state index contributed by atoms with van der Waals surface area (Å²) in [6, 6.07) is 9.97. The van der Waals surface area contributed by atoms with Crippen molar-refractivity contribution >= 4 is 10.9 Å². The third-order valence-electron chi connectivity index (χ3n) is 4.19. The van der Waals surface area contributed by atoms with Crippen LogP contribution in [0.3, 0.4) is 0 Å². The van der Waals surface area contributed by atoms with Crippen molar-refractivity contribution in [1.29, 1.82) is 0 Å². The number of ether oxygens (including phenoxy) is 1. The summed E-state index contributed by atoms with van der Waals surface area (Å²) in [5, 5.41) is 12.2. The smallest absolute Gasteiger partial charge is 0.0949 e. The van der Waals surface area contributed by atoms with Crippen molar-refractivity contribution in [2.45, 2.75) is 44.3 Å². The predicted octanol–water partition coefficient (Wildman–Crippen LogP) is 3.40. The van der Waals surface area contributed by atoms with Crippen molar-refractivity contribution in [2.24, 2.45) is 0 Å². The van der Waals surface area contributed by atoms with Crippen molar-refractivity contribution in [2.75, 3.05) is 6.61 Å². The number of hydrogen-bond acceptors (Lipinski definition) is 3. The molecule has 0 bridgehead atoms. The molecule has 2 heterocycles. The Labute approximate surface area is 119 Å². The summed E-state index contributed by atoms with van der Waals surface area (Å²) in [6.07, 6.45) is 5.37. The second kappa shape index (κ2) is 5.51. The summed E-state index contributed by atoms with van der Waals surface area (Å²) < 4.78 is 5.77. The molecule has 1 aliphatic heterocycles. The van der Waals surface area contributed by atoms with Crippen molar-refractivity contribution in [3.63, 3.8) is 0 Å². The van der Waals surface area contributed by atoms with Crippen LogP contribution in [-0.2, 0) is 10.3 Å². The zero-order valence-corrected chi connectivity index (χ0v) is 11.9. The molecule has 2 unspecified atom stereocenters. The molecule has 2 atom stereocenters. The van der Waals surface area contributed by atoms with Crippen LogP contribution in [0.4, 0.5) is 0 Å². The molecule has 0 aliphatic carbocycles. The Hall–Kier alpha value is -1.45. The van der Waals surface area contributed by atoms with Gasteiger partial charge in [0, 0.05) is 24.4 Å². The minimum atomic E-state index is -0.791. The highest BCUT2D eigenvalue weighted by Gasteiger charge is 2.37. The van der Waals surface area contributed by atoms with E-state index in [1.807, 2.05) is 30.3 Å². The summed E-state index contributed by atoms with van der Waals surface area (Å²) in [7, 11) is 0. The number of fused-ring (bicyclic) bond motifs is 1. The lowest BCUT2D eigenvalue weighted by molar-refractivity contribution is -0.109. The van der Waals surface area contributed by atoms with Gasteiger partial charge in [-0.05, 0) is 24.1 Å². The molecule has 1 saturated heterocycles. The van der Waals surface area contributed by atoms with E-state index in [4.69, 9.17) is 4.74 Å². The third-order valence-corrected chi connectivity index (χ3v) is 4.19. The van der Waals surface area contributed by atoms with E-state index in [-0.39, 0.29) is 6.10 Å². The molecule has 3 nitrogen and oxygen atoms in total. The summed E-state index contributed by atoms with van der Waals surface area (Å²) in [6.45, 7) is 2.77. The molecule has 0 radical (unpaired) electrons. The Morgan fingerprint density at radius 1 is 1.35 bits per heavy atom. The van der Waals surface area contributed by atoms with Crippen LogP contribution in [0.25, 0.3) is 10.9 Å². The maximum Gasteiger partial charge on any atom is 0.0949 e. The van der Waals surface area contributed by atoms with Gasteiger partial charge < -0.3 is 9.84 Å². The van der Waals surface area contributed by atoms with E-state index in [2.05, 4.69) is 11.9 Å². The first kappa shape index (κ1) is 13.5. The van der Waals surface area contributed by atoms with Crippen molar-refractivity contribution in [3.8, 4) is 0 Å². The normalized spacial score (nSPS) is 26.8. The molecule has 0 amide bonds. The fraction of sp³-hybridized carbons (Fsp3) is 0.471. The minimum absolute atomic E-state index is 0.158. The monoisotopic (exact) mass is 271 g/mol. The van der Waals surface area contributed by atoms with Gasteiger partial charge in [0.2, 0.25) is 0 Å². The molecule has 0 saturated carbocycles. The molecule has 2 aromatic rings. The van der Waals surface area contributed by atoms with Gasteiger partial charge in [0.1, 0.15) is 0 Å². The summed E-state index contributed by atoms with van der Waals surface area (Å²) >= 11 is 0. The van der Waals surface area contributed by atoms with Gasteiger partial charge in [0.25, 0.3) is 0 Å². The molecular formula is C17H21NO2. The first-order valence-corrected chi connectivity index (χ1v) is 7.41. The Bertz CT molecular complexity index is 591. The van der Waals surface area contributed by atoms with Crippen LogP contribution < -0.4 is 0 Å². The number of aromatic nitrogens is 1. The van der Waals surface area contributed by atoms with Crippen LogP contribution >= 0.6 is 0 Å². The predicted molar refractivity (Wildman–Crippen MR) is 79.5 cm³/mol. The van der Waals surface area contributed by atoms with Crippen molar-refractivity contribution in [3.05, 3.63) is 42.1 Å². The average Bonchev–Trinajstić information content (AvgIpc) is 2.47. The van der Waals surface area contributed by atoms with Crippen LogP contribution in [0.15, 0.2) is 36.5 Å². The van der Waals surface area contributed by atoms with Gasteiger partial charge >= 0.3 is 0 Å². The number of pyridine rings is 1. The maximum atomic E-state index is 11.1. The van der Waals surface area contributed by atoms with Crippen molar-refractivity contribution < 1.29 is 9.84 Å². The zero-order valence-electron chi connectivity index (χ0n) is 11.9. The van der Waals surface area contributed by atoms with Crippen LogP contribution in [0.1, 0.15) is 38.2 Å². The van der Waals surface area contributed by atoms with Gasteiger partial charge in [-0.2, -0.15) is 0 Å². The number of benzene rings is 1. The van der Waals surface area contributed by atoms with E-state index in [0.717, 1.165) is 29.3 Å². The Kier molecular flexibility index (Phi) is 3.72. The maximum absolute atomic E-state index is 11.1. The largest absolute Gasteiger partial charge is 0.385 e. The lowest BCUT2D eigenvalue weighted by Gasteiger charge is -2.37. The molecule has 3 heteroatoms. The second-order valence-electron chi connectivity index (χ2n) is 5.64. The fourth-order valence-corrected chi connectivity index (χ4v) is 3.19. The Balaban J connectivity index is 2.00. The van der Waals surface area contributed by atoms with E-state index in [1.165, 1.54) is 0 Å². The Morgan fingerprint density at radius 2 is 2.25 bits per heavy atom. The second-order valence-corrected chi connectivity index (χ2v) is 5.64. The Morgan fingerprint density at radius 3 is 3.10 bits per heavy atom. The van der Waals surface area contributed by atoms with Crippen LogP contribution in [0.2, 0.25) is 0 Å². The highest BCUT2D eigenvalue weighted by Crippen LogP contribution is 2.38. The van der Waals surface area contributed by atoms with E-state index in [9.17, 15) is 5.11 Å². The van der Waals surface area contributed by atoms with E-state index in [1.54, 1.807) is 6.20 Å².